The monoisotopic (exact) mass is 354 g/mol. The van der Waals surface area contributed by atoms with Gasteiger partial charge in [0.1, 0.15) is 5.92 Å². The van der Waals surface area contributed by atoms with Crippen molar-refractivity contribution >= 4 is 17.7 Å². The first-order chi connectivity index (χ1) is 12.4. The van der Waals surface area contributed by atoms with Gasteiger partial charge in [0, 0.05) is 17.3 Å². The number of nitriles is 1. The van der Waals surface area contributed by atoms with Crippen molar-refractivity contribution in [2.45, 2.75) is 33.6 Å². The van der Waals surface area contributed by atoms with Crippen molar-refractivity contribution in [3.05, 3.63) is 46.7 Å². The lowest BCUT2D eigenvalue weighted by Crippen LogP contribution is -2.36. The zero-order chi connectivity index (χ0) is 19.3. The van der Waals surface area contributed by atoms with E-state index >= 15 is 0 Å². The van der Waals surface area contributed by atoms with Crippen molar-refractivity contribution in [3.8, 4) is 6.07 Å². The first kappa shape index (κ1) is 19.4. The molecule has 1 aliphatic rings. The van der Waals surface area contributed by atoms with Gasteiger partial charge in [0.05, 0.1) is 30.4 Å². The third-order valence-electron chi connectivity index (χ3n) is 4.26. The highest BCUT2D eigenvalue weighted by atomic mass is 16.5. The predicted octanol–water partition coefficient (Wildman–Crippen LogP) is 3.13. The van der Waals surface area contributed by atoms with E-state index in [1.807, 2.05) is 0 Å². The minimum Gasteiger partial charge on any atom is -0.465 e. The second-order valence-corrected chi connectivity index (χ2v) is 5.91. The number of esters is 2. The van der Waals surface area contributed by atoms with Gasteiger partial charge >= 0.3 is 11.9 Å². The summed E-state index contributed by atoms with van der Waals surface area (Å²) in [5.74, 6) is -2.22. The molecule has 2 atom stereocenters. The van der Waals surface area contributed by atoms with Gasteiger partial charge in [0.2, 0.25) is 0 Å². The molecular weight excluding hydrogens is 332 g/mol. The third-order valence-corrected chi connectivity index (χ3v) is 4.26. The molecule has 136 valence electrons. The Morgan fingerprint density at radius 2 is 1.73 bits per heavy atom. The van der Waals surface area contributed by atoms with Crippen LogP contribution in [0.15, 0.2) is 40.5 Å². The number of allylic oxidation sites excluding steroid dienone is 1. The number of hydrogen-bond acceptors (Lipinski definition) is 6. The van der Waals surface area contributed by atoms with Crippen LogP contribution in [0.2, 0.25) is 0 Å². The SMILES string of the molecule is CCOC(=O)C1=C(C)N=C(C)C(C(=O)OCC)[C@H]1c1ccc(C#N)cc1. The van der Waals surface area contributed by atoms with Gasteiger partial charge in [0.15, 0.2) is 0 Å². The number of benzene rings is 1. The van der Waals surface area contributed by atoms with E-state index in [4.69, 9.17) is 14.7 Å². The molecule has 0 amide bonds. The summed E-state index contributed by atoms with van der Waals surface area (Å²) in [4.78, 5) is 29.6. The van der Waals surface area contributed by atoms with Gasteiger partial charge in [-0.05, 0) is 45.4 Å². The third kappa shape index (κ3) is 3.83. The number of carbonyl (C=O) groups is 2. The van der Waals surface area contributed by atoms with Crippen molar-refractivity contribution in [1.82, 2.24) is 0 Å². The smallest absolute Gasteiger partial charge is 0.336 e. The summed E-state index contributed by atoms with van der Waals surface area (Å²) < 4.78 is 10.4. The Balaban J connectivity index is 2.61. The molecule has 1 aliphatic heterocycles. The molecule has 6 nitrogen and oxygen atoms in total. The van der Waals surface area contributed by atoms with E-state index in [0.29, 0.717) is 22.5 Å². The number of nitrogens with zero attached hydrogens (tertiary/aromatic N) is 2. The lowest BCUT2D eigenvalue weighted by molar-refractivity contribution is -0.146. The fraction of sp³-hybridized carbons (Fsp3) is 0.400. The number of rotatable bonds is 5. The average molecular weight is 354 g/mol. The molecule has 1 aromatic rings. The summed E-state index contributed by atoms with van der Waals surface area (Å²) in [6.07, 6.45) is 0. The van der Waals surface area contributed by atoms with Crippen LogP contribution in [0.1, 0.15) is 44.7 Å². The Morgan fingerprint density at radius 3 is 2.27 bits per heavy atom. The van der Waals surface area contributed by atoms with E-state index in [2.05, 4.69) is 11.1 Å². The fourth-order valence-electron chi connectivity index (χ4n) is 3.17. The van der Waals surface area contributed by atoms with Crippen LogP contribution in [0, 0.1) is 17.2 Å². The van der Waals surface area contributed by atoms with Crippen LogP contribution >= 0.6 is 0 Å². The van der Waals surface area contributed by atoms with Crippen LogP contribution in [0.4, 0.5) is 0 Å². The molecule has 0 spiro atoms. The normalized spacial score (nSPS) is 19.4. The van der Waals surface area contributed by atoms with Crippen LogP contribution in [0.25, 0.3) is 0 Å². The van der Waals surface area contributed by atoms with Gasteiger partial charge in [-0.25, -0.2) is 4.79 Å². The zero-order valence-corrected chi connectivity index (χ0v) is 15.4. The highest BCUT2D eigenvalue weighted by molar-refractivity contribution is 6.07. The molecule has 0 aromatic heterocycles. The van der Waals surface area contributed by atoms with Crippen LogP contribution < -0.4 is 0 Å². The molecule has 0 aliphatic carbocycles. The van der Waals surface area contributed by atoms with Crippen molar-refractivity contribution < 1.29 is 19.1 Å². The minimum atomic E-state index is -0.717. The molecule has 1 aromatic carbocycles. The highest BCUT2D eigenvalue weighted by Gasteiger charge is 2.42. The van der Waals surface area contributed by atoms with Gasteiger partial charge in [-0.3, -0.25) is 9.79 Å². The number of ether oxygens (including phenoxy) is 2. The molecule has 0 N–H and O–H groups in total. The first-order valence-corrected chi connectivity index (χ1v) is 8.54. The van der Waals surface area contributed by atoms with Crippen molar-refractivity contribution in [2.75, 3.05) is 13.2 Å². The lowest BCUT2D eigenvalue weighted by Gasteiger charge is -2.31. The van der Waals surface area contributed by atoms with Crippen molar-refractivity contribution in [2.24, 2.45) is 10.9 Å². The number of carbonyl (C=O) groups excluding carboxylic acids is 2. The molecule has 6 heteroatoms. The topological polar surface area (TPSA) is 88.8 Å². The molecule has 26 heavy (non-hydrogen) atoms. The molecule has 0 fully saturated rings. The van der Waals surface area contributed by atoms with Crippen LogP contribution in [0.3, 0.4) is 0 Å². The van der Waals surface area contributed by atoms with Crippen LogP contribution in [-0.2, 0) is 19.1 Å². The Labute approximate surface area is 153 Å². The van der Waals surface area contributed by atoms with Gasteiger partial charge in [-0.1, -0.05) is 12.1 Å². The van der Waals surface area contributed by atoms with E-state index < -0.39 is 23.8 Å². The van der Waals surface area contributed by atoms with E-state index in [1.165, 1.54) is 0 Å². The second-order valence-electron chi connectivity index (χ2n) is 5.91. The van der Waals surface area contributed by atoms with E-state index in [-0.39, 0.29) is 13.2 Å². The molecule has 0 saturated carbocycles. The van der Waals surface area contributed by atoms with E-state index in [1.54, 1.807) is 52.0 Å². The fourth-order valence-corrected chi connectivity index (χ4v) is 3.17. The quantitative estimate of drug-likeness (QED) is 0.758. The van der Waals surface area contributed by atoms with E-state index in [0.717, 1.165) is 5.56 Å². The Bertz CT molecular complexity index is 800. The summed E-state index contributed by atoms with van der Waals surface area (Å²) >= 11 is 0. The Hall–Kier alpha value is -2.94. The molecule has 2 rings (SSSR count). The van der Waals surface area contributed by atoms with Crippen molar-refractivity contribution in [1.29, 1.82) is 5.26 Å². The summed E-state index contributed by atoms with van der Waals surface area (Å²) in [6, 6.07) is 8.89. The highest BCUT2D eigenvalue weighted by Crippen LogP contribution is 2.40. The molecule has 1 heterocycles. The van der Waals surface area contributed by atoms with Gasteiger partial charge in [0.25, 0.3) is 0 Å². The summed E-state index contributed by atoms with van der Waals surface area (Å²) in [5, 5.41) is 9.02. The maximum Gasteiger partial charge on any atom is 0.336 e. The minimum absolute atomic E-state index is 0.225. The summed E-state index contributed by atoms with van der Waals surface area (Å²) in [6.45, 7) is 7.40. The Morgan fingerprint density at radius 1 is 1.12 bits per heavy atom. The van der Waals surface area contributed by atoms with Gasteiger partial charge in [-0.2, -0.15) is 5.26 Å². The lowest BCUT2D eigenvalue weighted by atomic mass is 9.75. The maximum atomic E-state index is 12.6. The molecule has 0 bridgehead atoms. The van der Waals surface area contributed by atoms with Crippen LogP contribution in [0.5, 0.6) is 0 Å². The van der Waals surface area contributed by atoms with Crippen molar-refractivity contribution in [3.63, 3.8) is 0 Å². The van der Waals surface area contributed by atoms with E-state index in [9.17, 15) is 9.59 Å². The number of hydrogen-bond donors (Lipinski definition) is 0. The summed E-state index contributed by atoms with van der Waals surface area (Å²) in [7, 11) is 0. The summed E-state index contributed by atoms with van der Waals surface area (Å²) in [5.41, 5.74) is 2.69. The largest absolute Gasteiger partial charge is 0.465 e. The predicted molar refractivity (Wildman–Crippen MR) is 96.5 cm³/mol. The maximum absolute atomic E-state index is 12.6. The Kier molecular flexibility index (Phi) is 6.29. The molecule has 0 saturated heterocycles. The average Bonchev–Trinajstić information content (AvgIpc) is 2.61. The standard InChI is InChI=1S/C20H22N2O4/c1-5-25-19(23)16-12(3)22-13(4)17(20(24)26-6-2)18(16)15-9-7-14(11-21)8-10-15/h7-10,16,18H,5-6H2,1-4H3/t16?,18-/m1/s1. The van der Waals surface area contributed by atoms with Crippen LogP contribution in [-0.4, -0.2) is 30.9 Å². The first-order valence-electron chi connectivity index (χ1n) is 8.54. The molecular formula is C20H22N2O4. The van der Waals surface area contributed by atoms with Gasteiger partial charge < -0.3 is 9.47 Å². The molecule has 1 unspecified atom stereocenters. The zero-order valence-electron chi connectivity index (χ0n) is 15.4. The number of aliphatic imine (C=N–C) groups is 1. The molecule has 0 radical (unpaired) electrons. The second kappa shape index (κ2) is 8.43. The van der Waals surface area contributed by atoms with Gasteiger partial charge in [-0.15, -0.1) is 0 Å².